The second kappa shape index (κ2) is 21.2. The van der Waals surface area contributed by atoms with Gasteiger partial charge in [0.2, 0.25) is 0 Å². The van der Waals surface area contributed by atoms with E-state index in [1.807, 2.05) is 109 Å². The Kier molecular flexibility index (Phi) is 14.0. The van der Waals surface area contributed by atoms with Crippen LogP contribution >= 0.6 is 0 Å². The summed E-state index contributed by atoms with van der Waals surface area (Å²) in [5.74, 6) is 0. The van der Waals surface area contributed by atoms with Gasteiger partial charge >= 0.3 is 12.4 Å². The summed E-state index contributed by atoms with van der Waals surface area (Å²) in [6, 6.07) is 76.3. The molecule has 394 valence electrons. The van der Waals surface area contributed by atoms with E-state index in [4.69, 9.17) is 0 Å². The van der Waals surface area contributed by atoms with E-state index in [0.717, 1.165) is 109 Å². The molecule has 9 heteroatoms. The smallest absolute Gasteiger partial charge is 0.256 e. The predicted octanol–water partition coefficient (Wildman–Crippen LogP) is 20.2. The minimum atomic E-state index is -4.44. The number of hydrogen-bond donors (Lipinski definition) is 0. The van der Waals surface area contributed by atoms with Crippen LogP contribution in [0, 0.1) is 0 Å². The van der Waals surface area contributed by atoms with Crippen LogP contribution in [0.3, 0.4) is 0 Å². The molecule has 80 heavy (non-hydrogen) atoms. The molecule has 0 aliphatic rings. The van der Waals surface area contributed by atoms with Crippen LogP contribution in [0.4, 0.5) is 26.3 Å². The Morgan fingerprint density at radius 3 is 1.15 bits per heavy atom. The number of aromatic nitrogens is 3. The van der Waals surface area contributed by atoms with Crippen molar-refractivity contribution in [3.8, 4) is 112 Å². The number of pyridine rings is 3. The first-order valence-electron chi connectivity index (χ1n) is 26.3. The molecule has 0 unspecified atom stereocenters. The van der Waals surface area contributed by atoms with Crippen LogP contribution in [-0.4, -0.2) is 27.3 Å². The number of hydrogen-bond acceptors (Lipinski definition) is 3. The molecule has 0 atom stereocenters. The summed E-state index contributed by atoms with van der Waals surface area (Å²) in [5, 5.41) is 0. The molecule has 0 bridgehead atoms. The highest BCUT2D eigenvalue weighted by Gasteiger charge is 2.49. The van der Waals surface area contributed by atoms with Crippen LogP contribution in [0.15, 0.2) is 249 Å². The molecule has 3 nitrogen and oxygen atoms in total. The average Bonchev–Trinajstić information content (AvgIpc) is 3.56. The first-order chi connectivity index (χ1) is 38.4. The van der Waals surface area contributed by atoms with E-state index in [9.17, 15) is 26.3 Å². The van der Waals surface area contributed by atoms with Gasteiger partial charge in [-0.2, -0.15) is 26.3 Å². The Balaban J connectivity index is 1.04. The molecule has 0 saturated carbocycles. The van der Waals surface area contributed by atoms with Crippen molar-refractivity contribution in [3.63, 3.8) is 0 Å². The van der Waals surface area contributed by atoms with Gasteiger partial charge in [0, 0.05) is 35.3 Å². The largest absolute Gasteiger partial charge is 0.397 e. The molecule has 0 amide bonds. The third kappa shape index (κ3) is 10.3. The highest BCUT2D eigenvalue weighted by atomic mass is 19.4. The maximum Gasteiger partial charge on any atom is 0.397 e. The topological polar surface area (TPSA) is 38.7 Å². The molecule has 3 heterocycles. The number of nitrogens with zero attached hydrogens (tertiary/aromatic N) is 3. The molecule has 8 aromatic carbocycles. The van der Waals surface area contributed by atoms with Gasteiger partial charge in [-0.3, -0.25) is 15.0 Å². The van der Waals surface area contributed by atoms with E-state index < -0.39 is 23.2 Å². The Morgan fingerprint density at radius 2 is 0.650 bits per heavy atom. The summed E-state index contributed by atoms with van der Waals surface area (Å²) in [4.78, 5) is 13.6. The van der Waals surface area contributed by atoms with Crippen LogP contribution in [0.5, 0.6) is 0 Å². The minimum Gasteiger partial charge on any atom is -0.256 e. The Bertz CT molecular complexity index is 4000. The zero-order valence-electron chi connectivity index (χ0n) is 44.3. The summed E-state index contributed by atoms with van der Waals surface area (Å²) in [5.41, 5.74) is 14.3. The lowest BCUT2D eigenvalue weighted by molar-refractivity contribution is -0.180. The monoisotopic (exact) mass is 1060 g/mol. The highest BCUT2D eigenvalue weighted by Crippen LogP contribution is 2.46. The quantitative estimate of drug-likeness (QED) is 0.114. The summed E-state index contributed by atoms with van der Waals surface area (Å²) >= 11 is 0. The lowest BCUT2D eigenvalue weighted by atomic mass is 9.83. The first-order valence-corrected chi connectivity index (χ1v) is 26.3. The van der Waals surface area contributed by atoms with Crippen molar-refractivity contribution in [3.05, 3.63) is 260 Å². The first kappa shape index (κ1) is 52.8. The minimum absolute atomic E-state index is 0.0908. The zero-order chi connectivity index (χ0) is 55.8. The second-order valence-corrected chi connectivity index (χ2v) is 21.0. The molecule has 0 aliphatic carbocycles. The fraction of sp³-hybridized carbons (Fsp3) is 0.113. The maximum absolute atomic E-state index is 14.1. The number of rotatable bonds is 12. The SMILES string of the molecule is CC(C)(c1ccc(-c2ccc(-c3ccccc3-c3cc(-c4ccccc4-c4ccc(-c5cc(C(C)(C)C(F)(F)F)ccn5)cc4)cc(-c4ccccc4-c4ccc(-c5ccccn5)cc4-c4ccccc4)c3)cc2)nc1)C(F)(F)F. The van der Waals surface area contributed by atoms with Gasteiger partial charge in [0.1, 0.15) is 0 Å². The lowest BCUT2D eigenvalue weighted by Crippen LogP contribution is -2.36. The Labute approximate surface area is 462 Å². The molecule has 0 radical (unpaired) electrons. The van der Waals surface area contributed by atoms with Crippen LogP contribution in [0.25, 0.3) is 112 Å². The van der Waals surface area contributed by atoms with E-state index >= 15 is 0 Å². The summed E-state index contributed by atoms with van der Waals surface area (Å²) in [6.07, 6.45) is -4.32. The van der Waals surface area contributed by atoms with Crippen LogP contribution < -0.4 is 0 Å². The normalized spacial score (nSPS) is 12.1. The van der Waals surface area contributed by atoms with Crippen LogP contribution in [0.1, 0.15) is 38.8 Å². The Morgan fingerprint density at radius 1 is 0.250 bits per heavy atom. The fourth-order valence-electron chi connectivity index (χ4n) is 10.2. The van der Waals surface area contributed by atoms with E-state index in [1.165, 1.54) is 44.4 Å². The molecule has 0 saturated heterocycles. The third-order valence-electron chi connectivity index (χ3n) is 15.4. The highest BCUT2D eigenvalue weighted by molar-refractivity contribution is 5.97. The van der Waals surface area contributed by atoms with E-state index in [2.05, 4.69) is 112 Å². The van der Waals surface area contributed by atoms with Gasteiger partial charge in [0.15, 0.2) is 0 Å². The van der Waals surface area contributed by atoms with Crippen molar-refractivity contribution >= 4 is 0 Å². The van der Waals surface area contributed by atoms with Crippen molar-refractivity contribution in [1.29, 1.82) is 0 Å². The van der Waals surface area contributed by atoms with Gasteiger partial charge in [0.25, 0.3) is 0 Å². The lowest BCUT2D eigenvalue weighted by Gasteiger charge is -2.28. The van der Waals surface area contributed by atoms with Crippen molar-refractivity contribution in [2.45, 2.75) is 50.9 Å². The van der Waals surface area contributed by atoms with Crippen molar-refractivity contribution in [2.24, 2.45) is 0 Å². The van der Waals surface area contributed by atoms with Gasteiger partial charge in [-0.05, 0) is 171 Å². The molecule has 3 aromatic heterocycles. The summed E-state index contributed by atoms with van der Waals surface area (Å²) in [6.45, 7) is 4.68. The molecule has 11 aromatic rings. The number of benzene rings is 8. The van der Waals surface area contributed by atoms with Crippen molar-refractivity contribution in [1.82, 2.24) is 15.0 Å². The molecular weight excluding hydrogens is 1010 g/mol. The van der Waals surface area contributed by atoms with Gasteiger partial charge in [-0.25, -0.2) is 0 Å². The molecule has 0 fully saturated rings. The standard InChI is InChI=1S/C71H53F6N3/c1-68(2,70(72,73)74)55-37-39-79-67(44-55)50-31-27-48(28-32-50)58-19-9-11-21-60(58)53-40-52(59-20-10-8-18-57(59)47-25-29-49(30-26-47)66-36-34-56(45-80-66)69(3,4)71(75,76)77)41-54(42-53)61-22-12-13-23-62(61)63-35-33-51(65-24-14-15-38-78-65)43-64(63)46-16-6-5-7-17-46/h5-45H,1-4H3. The van der Waals surface area contributed by atoms with E-state index in [-0.39, 0.29) is 11.1 Å². The molecular formula is C71H53F6N3. The number of halogens is 6. The Hall–Kier alpha value is -9.21. The van der Waals surface area contributed by atoms with Gasteiger partial charge in [-0.1, -0.05) is 176 Å². The summed E-state index contributed by atoms with van der Waals surface area (Å²) in [7, 11) is 0. The van der Waals surface area contributed by atoms with E-state index in [0.29, 0.717) is 17.0 Å². The van der Waals surface area contributed by atoms with Crippen LogP contribution in [0.2, 0.25) is 0 Å². The fourth-order valence-corrected chi connectivity index (χ4v) is 10.2. The van der Waals surface area contributed by atoms with Crippen molar-refractivity contribution in [2.75, 3.05) is 0 Å². The van der Waals surface area contributed by atoms with Gasteiger partial charge < -0.3 is 0 Å². The second-order valence-electron chi connectivity index (χ2n) is 21.0. The zero-order valence-corrected chi connectivity index (χ0v) is 44.3. The number of alkyl halides is 6. The van der Waals surface area contributed by atoms with Crippen molar-refractivity contribution < 1.29 is 26.3 Å². The molecule has 0 spiro atoms. The average molecular weight is 1060 g/mol. The third-order valence-corrected chi connectivity index (χ3v) is 15.4. The maximum atomic E-state index is 14.1. The van der Waals surface area contributed by atoms with Gasteiger partial charge in [-0.15, -0.1) is 0 Å². The summed E-state index contributed by atoms with van der Waals surface area (Å²) < 4.78 is 84.1. The van der Waals surface area contributed by atoms with E-state index in [1.54, 1.807) is 12.3 Å². The van der Waals surface area contributed by atoms with Crippen LogP contribution in [-0.2, 0) is 10.8 Å². The predicted molar refractivity (Wildman–Crippen MR) is 312 cm³/mol. The van der Waals surface area contributed by atoms with Gasteiger partial charge in [0.05, 0.1) is 27.9 Å². The molecule has 11 rings (SSSR count). The molecule has 0 N–H and O–H groups in total. The molecule has 0 aliphatic heterocycles.